The second-order valence-electron chi connectivity index (χ2n) is 5.32. The molecular formula is C15H12N4O. The first-order chi connectivity index (χ1) is 9.78. The van der Waals surface area contributed by atoms with Crippen LogP contribution in [0.3, 0.4) is 0 Å². The van der Waals surface area contributed by atoms with Gasteiger partial charge in [-0.05, 0) is 37.3 Å². The molecule has 4 rings (SSSR count). The first kappa shape index (κ1) is 11.2. The molecule has 1 saturated carbocycles. The van der Waals surface area contributed by atoms with Crippen LogP contribution in [0.1, 0.15) is 24.1 Å². The van der Waals surface area contributed by atoms with Gasteiger partial charge in [0, 0.05) is 0 Å². The number of hydrogen-bond acceptors (Lipinski definition) is 3. The number of fused-ring (bicyclic) bond motifs is 2. The Hall–Kier alpha value is -2.61. The van der Waals surface area contributed by atoms with Gasteiger partial charge in [-0.2, -0.15) is 9.78 Å². The van der Waals surface area contributed by atoms with Crippen molar-refractivity contribution >= 4 is 16.6 Å². The molecule has 0 unspecified atom stereocenters. The summed E-state index contributed by atoms with van der Waals surface area (Å²) in [6.45, 7) is 0. The lowest BCUT2D eigenvalue weighted by Gasteiger charge is -1.97. The van der Waals surface area contributed by atoms with E-state index in [9.17, 15) is 10.1 Å². The number of nitrogens with one attached hydrogen (secondary N) is 1. The zero-order valence-electron chi connectivity index (χ0n) is 10.8. The van der Waals surface area contributed by atoms with E-state index in [1.807, 2.05) is 12.1 Å². The Kier molecular flexibility index (Phi) is 2.21. The van der Waals surface area contributed by atoms with E-state index in [0.717, 1.165) is 12.1 Å². The minimum Gasteiger partial charge on any atom is -0.292 e. The molecule has 2 heterocycles. The Morgan fingerprint density at radius 3 is 2.95 bits per heavy atom. The zero-order valence-corrected chi connectivity index (χ0v) is 10.8. The Morgan fingerprint density at radius 2 is 2.20 bits per heavy atom. The van der Waals surface area contributed by atoms with Crippen molar-refractivity contribution in [2.45, 2.75) is 19.3 Å². The fraction of sp³-hybridized carbons (Fsp3) is 0.267. The number of hydrogen-bond donors (Lipinski definition) is 1. The van der Waals surface area contributed by atoms with Crippen molar-refractivity contribution in [2.75, 3.05) is 0 Å². The molecule has 2 aromatic heterocycles. The smallest absolute Gasteiger partial charge is 0.280 e. The lowest BCUT2D eigenvalue weighted by Crippen LogP contribution is -2.15. The van der Waals surface area contributed by atoms with Crippen molar-refractivity contribution in [1.29, 1.82) is 5.26 Å². The molecule has 0 aliphatic heterocycles. The van der Waals surface area contributed by atoms with E-state index in [-0.39, 0.29) is 5.56 Å². The van der Waals surface area contributed by atoms with Crippen LogP contribution in [0.4, 0.5) is 0 Å². The molecule has 3 aromatic rings. The molecule has 0 spiro atoms. The topological polar surface area (TPSA) is 73.9 Å². The number of para-hydroxylation sites is 1. The molecular weight excluding hydrogens is 252 g/mol. The summed E-state index contributed by atoms with van der Waals surface area (Å²) in [6, 6.07) is 9.40. The van der Waals surface area contributed by atoms with Crippen LogP contribution in [-0.2, 0) is 6.42 Å². The third-order valence-electron chi connectivity index (χ3n) is 3.85. The second-order valence-corrected chi connectivity index (χ2v) is 5.32. The van der Waals surface area contributed by atoms with Gasteiger partial charge in [-0.15, -0.1) is 0 Å². The molecule has 5 heteroatoms. The number of benzene rings is 1. The van der Waals surface area contributed by atoms with E-state index in [0.29, 0.717) is 28.0 Å². The zero-order chi connectivity index (χ0) is 13.7. The van der Waals surface area contributed by atoms with Crippen molar-refractivity contribution in [3.8, 4) is 6.07 Å². The maximum absolute atomic E-state index is 12.5. The van der Waals surface area contributed by atoms with E-state index in [4.69, 9.17) is 0 Å². The summed E-state index contributed by atoms with van der Waals surface area (Å²) in [5.41, 5.74) is 2.25. The van der Waals surface area contributed by atoms with Crippen LogP contribution in [0.25, 0.3) is 16.6 Å². The van der Waals surface area contributed by atoms with Gasteiger partial charge in [-0.3, -0.25) is 9.89 Å². The molecule has 0 radical (unpaired) electrons. The predicted molar refractivity (Wildman–Crippen MR) is 74.5 cm³/mol. The van der Waals surface area contributed by atoms with Crippen LogP contribution in [0.15, 0.2) is 29.1 Å². The molecule has 5 nitrogen and oxygen atoms in total. The second kappa shape index (κ2) is 3.94. The highest BCUT2D eigenvalue weighted by atomic mass is 16.1. The van der Waals surface area contributed by atoms with Gasteiger partial charge < -0.3 is 0 Å². The summed E-state index contributed by atoms with van der Waals surface area (Å²) >= 11 is 0. The maximum atomic E-state index is 12.5. The minimum absolute atomic E-state index is 0.149. The molecule has 1 aliphatic carbocycles. The highest BCUT2D eigenvalue weighted by molar-refractivity contribution is 5.80. The van der Waals surface area contributed by atoms with Gasteiger partial charge in [0.15, 0.2) is 5.65 Å². The lowest BCUT2D eigenvalue weighted by atomic mass is 10.1. The molecule has 0 atom stereocenters. The largest absolute Gasteiger partial charge is 0.292 e. The third kappa shape index (κ3) is 1.55. The Balaban J connectivity index is 2.08. The summed E-state index contributed by atoms with van der Waals surface area (Å²) in [5.74, 6) is 0.639. The fourth-order valence-corrected chi connectivity index (χ4v) is 2.61. The van der Waals surface area contributed by atoms with Gasteiger partial charge in [0.1, 0.15) is 11.6 Å². The van der Waals surface area contributed by atoms with E-state index in [1.165, 1.54) is 17.4 Å². The molecule has 1 aromatic carbocycles. The predicted octanol–water partition coefficient (Wildman–Crippen LogP) is 2.00. The maximum Gasteiger partial charge on any atom is 0.280 e. The summed E-state index contributed by atoms with van der Waals surface area (Å²) < 4.78 is 1.40. The quantitative estimate of drug-likeness (QED) is 0.769. The summed E-state index contributed by atoms with van der Waals surface area (Å²) in [6.07, 6.45) is 3.22. The number of aromatic nitrogens is 3. The Morgan fingerprint density at radius 1 is 1.40 bits per heavy atom. The van der Waals surface area contributed by atoms with Gasteiger partial charge in [-0.25, -0.2) is 4.98 Å². The van der Waals surface area contributed by atoms with Crippen molar-refractivity contribution in [3.05, 3.63) is 45.9 Å². The number of nitriles is 1. The molecule has 20 heavy (non-hydrogen) atoms. The normalized spacial score (nSPS) is 14.8. The number of rotatable bonds is 2. The third-order valence-corrected chi connectivity index (χ3v) is 3.85. The van der Waals surface area contributed by atoms with E-state index in [2.05, 4.69) is 16.2 Å². The molecule has 1 fully saturated rings. The summed E-state index contributed by atoms with van der Waals surface area (Å²) in [5, 5.41) is 13.0. The Bertz CT molecular complexity index is 925. The van der Waals surface area contributed by atoms with E-state index in [1.54, 1.807) is 12.1 Å². The SMILES string of the molecule is N#Cc1c(CC2CC2)[nH]n2c(=O)c3ccccc3nc12. The monoisotopic (exact) mass is 264 g/mol. The molecule has 1 aliphatic rings. The summed E-state index contributed by atoms with van der Waals surface area (Å²) in [7, 11) is 0. The van der Waals surface area contributed by atoms with Crippen molar-refractivity contribution in [2.24, 2.45) is 5.92 Å². The first-order valence-electron chi connectivity index (χ1n) is 6.70. The van der Waals surface area contributed by atoms with Crippen molar-refractivity contribution in [1.82, 2.24) is 14.6 Å². The van der Waals surface area contributed by atoms with Crippen molar-refractivity contribution < 1.29 is 0 Å². The van der Waals surface area contributed by atoms with Crippen LogP contribution >= 0.6 is 0 Å². The molecule has 1 N–H and O–H groups in total. The Labute approximate surface area is 114 Å². The molecule has 0 bridgehead atoms. The fourth-order valence-electron chi connectivity index (χ4n) is 2.61. The summed E-state index contributed by atoms with van der Waals surface area (Å²) in [4.78, 5) is 16.9. The lowest BCUT2D eigenvalue weighted by molar-refractivity contribution is 0.773. The van der Waals surface area contributed by atoms with Crippen LogP contribution in [-0.4, -0.2) is 14.6 Å². The van der Waals surface area contributed by atoms with Gasteiger partial charge in [-0.1, -0.05) is 12.1 Å². The standard InChI is InChI=1S/C15H12N4O/c16-8-11-13(7-9-5-6-9)18-19-14(11)17-12-4-2-1-3-10(12)15(19)20/h1-4,9,18H,5-7H2. The highest BCUT2D eigenvalue weighted by Gasteiger charge is 2.25. The number of nitrogens with zero attached hydrogens (tertiary/aromatic N) is 3. The van der Waals surface area contributed by atoms with Gasteiger partial charge in [0.05, 0.1) is 16.6 Å². The van der Waals surface area contributed by atoms with E-state index < -0.39 is 0 Å². The van der Waals surface area contributed by atoms with Crippen LogP contribution in [0.2, 0.25) is 0 Å². The van der Waals surface area contributed by atoms with Crippen molar-refractivity contribution in [3.63, 3.8) is 0 Å². The van der Waals surface area contributed by atoms with Gasteiger partial charge in [0.25, 0.3) is 5.56 Å². The number of aromatic amines is 1. The average Bonchev–Trinajstić information content (AvgIpc) is 3.20. The number of H-pyrrole nitrogens is 1. The average molecular weight is 264 g/mol. The van der Waals surface area contributed by atoms with Gasteiger partial charge in [0.2, 0.25) is 0 Å². The minimum atomic E-state index is -0.149. The van der Waals surface area contributed by atoms with Crippen LogP contribution < -0.4 is 5.56 Å². The molecule has 0 saturated heterocycles. The molecule has 0 amide bonds. The molecule has 98 valence electrons. The van der Waals surface area contributed by atoms with Gasteiger partial charge >= 0.3 is 0 Å². The van der Waals surface area contributed by atoms with Crippen LogP contribution in [0.5, 0.6) is 0 Å². The van der Waals surface area contributed by atoms with E-state index >= 15 is 0 Å². The first-order valence-corrected chi connectivity index (χ1v) is 6.70. The highest BCUT2D eigenvalue weighted by Crippen LogP contribution is 2.33. The van der Waals surface area contributed by atoms with Crippen LogP contribution in [0, 0.1) is 17.2 Å².